The van der Waals surface area contributed by atoms with E-state index in [1.807, 2.05) is 0 Å². The van der Waals surface area contributed by atoms with E-state index in [1.165, 1.54) is 34.5 Å². The lowest BCUT2D eigenvalue weighted by atomic mass is 10.1. The van der Waals surface area contributed by atoms with Crippen LogP contribution < -0.4 is 29.6 Å². The molecule has 0 spiro atoms. The number of carbonyl (C=O) groups is 3. The number of ether oxygens (including phenoxy) is 4. The fraction of sp³-hybridized carbons (Fsp3) is 0.227. The van der Waals surface area contributed by atoms with Gasteiger partial charge >= 0.3 is 6.03 Å². The predicted octanol–water partition coefficient (Wildman–Crippen LogP) is 2.25. The van der Waals surface area contributed by atoms with E-state index >= 15 is 0 Å². The normalized spacial score (nSPS) is 14.2. The second-order valence-corrected chi connectivity index (χ2v) is 6.57. The summed E-state index contributed by atoms with van der Waals surface area (Å²) in [5.41, 5.74) is 0.831. The minimum absolute atomic E-state index is 0.0261. The van der Waals surface area contributed by atoms with Gasteiger partial charge in [-0.1, -0.05) is 12.1 Å². The average molecular weight is 441 g/mol. The molecule has 0 aliphatic carbocycles. The van der Waals surface area contributed by atoms with Gasteiger partial charge in [0.2, 0.25) is 5.91 Å². The van der Waals surface area contributed by atoms with Gasteiger partial charge in [0.15, 0.2) is 0 Å². The van der Waals surface area contributed by atoms with Crippen LogP contribution in [0.25, 0.3) is 6.08 Å². The van der Waals surface area contributed by atoms with Gasteiger partial charge in [0.25, 0.3) is 5.91 Å². The number of nitrogens with zero attached hydrogens (tertiary/aromatic N) is 1. The molecule has 0 unspecified atom stereocenters. The number of imide groups is 1. The van der Waals surface area contributed by atoms with Crippen LogP contribution in [0.15, 0.2) is 42.1 Å². The lowest BCUT2D eigenvalue weighted by Crippen LogP contribution is -2.38. The molecule has 168 valence electrons. The van der Waals surface area contributed by atoms with E-state index in [1.54, 1.807) is 36.4 Å². The van der Waals surface area contributed by atoms with Crippen LogP contribution in [0, 0.1) is 0 Å². The Morgan fingerprint density at radius 3 is 2.19 bits per heavy atom. The van der Waals surface area contributed by atoms with Crippen molar-refractivity contribution in [2.24, 2.45) is 0 Å². The quantitative estimate of drug-likeness (QED) is 0.477. The topological polar surface area (TPSA) is 115 Å². The molecule has 1 aliphatic heterocycles. The first-order valence-electron chi connectivity index (χ1n) is 9.49. The van der Waals surface area contributed by atoms with Crippen LogP contribution in [-0.2, 0) is 9.59 Å². The number of carbonyl (C=O) groups excluding carboxylic acids is 3. The Morgan fingerprint density at radius 1 is 0.969 bits per heavy atom. The van der Waals surface area contributed by atoms with Crippen LogP contribution in [0.5, 0.6) is 23.0 Å². The van der Waals surface area contributed by atoms with Crippen LogP contribution in [-0.4, -0.2) is 57.7 Å². The minimum Gasteiger partial charge on any atom is -0.496 e. The molecule has 4 amide bonds. The molecule has 0 atom stereocenters. The first kappa shape index (κ1) is 22.5. The Labute approximate surface area is 184 Å². The molecule has 0 bridgehead atoms. The van der Waals surface area contributed by atoms with Crippen molar-refractivity contribution in [2.75, 3.05) is 40.3 Å². The Hall–Kier alpha value is -4.21. The maximum Gasteiger partial charge on any atom is 0.329 e. The smallest absolute Gasteiger partial charge is 0.329 e. The van der Waals surface area contributed by atoms with E-state index in [9.17, 15) is 14.4 Å². The van der Waals surface area contributed by atoms with Gasteiger partial charge in [-0.25, -0.2) is 9.69 Å². The fourth-order valence-electron chi connectivity index (χ4n) is 3.12. The highest BCUT2D eigenvalue weighted by molar-refractivity contribution is 6.16. The first-order valence-corrected chi connectivity index (χ1v) is 9.49. The summed E-state index contributed by atoms with van der Waals surface area (Å²) in [7, 11) is 5.89. The van der Waals surface area contributed by atoms with Gasteiger partial charge in [0.05, 0.1) is 39.7 Å². The molecule has 0 aromatic heterocycles. The molecule has 2 aromatic carbocycles. The number of benzene rings is 2. The molecule has 1 fully saturated rings. The zero-order valence-corrected chi connectivity index (χ0v) is 18.1. The molecule has 1 aliphatic rings. The molecule has 2 aromatic rings. The minimum atomic E-state index is -0.720. The van der Waals surface area contributed by atoms with E-state index in [0.29, 0.717) is 34.2 Å². The number of rotatable bonds is 8. The lowest BCUT2D eigenvalue weighted by Gasteiger charge is -2.14. The third kappa shape index (κ3) is 4.59. The summed E-state index contributed by atoms with van der Waals surface area (Å²) in [5, 5.41) is 5.11. The predicted molar refractivity (Wildman–Crippen MR) is 116 cm³/mol. The first-order chi connectivity index (χ1) is 15.4. The summed E-state index contributed by atoms with van der Waals surface area (Å²) in [6, 6.07) is 9.33. The number of anilines is 1. The summed E-state index contributed by atoms with van der Waals surface area (Å²) >= 11 is 0. The molecule has 2 N–H and O–H groups in total. The molecule has 1 heterocycles. The Kier molecular flexibility index (Phi) is 6.83. The highest BCUT2D eigenvalue weighted by atomic mass is 16.5. The van der Waals surface area contributed by atoms with Crippen molar-refractivity contribution < 1.29 is 33.3 Å². The van der Waals surface area contributed by atoms with Crippen molar-refractivity contribution in [3.05, 3.63) is 47.7 Å². The standard InChI is InChI=1S/C22H23N3O7/c1-29-13-9-18(31-3)14(19(10-13)32-4)11-16-21(27)25(22(28)24-16)12-20(26)23-15-7-5-6-8-17(15)30-2/h5-11H,12H2,1-4H3,(H,23,26)(H,24,28)/b16-11+. The molecule has 10 nitrogen and oxygen atoms in total. The van der Waals surface area contributed by atoms with Crippen LogP contribution >= 0.6 is 0 Å². The Morgan fingerprint density at radius 2 is 1.59 bits per heavy atom. The SMILES string of the molecule is COc1cc(OC)c(/C=C2/NC(=O)N(CC(=O)Nc3ccccc3OC)C2=O)c(OC)c1. The van der Waals surface area contributed by atoms with E-state index in [4.69, 9.17) is 18.9 Å². The van der Waals surface area contributed by atoms with Gasteiger partial charge in [-0.3, -0.25) is 9.59 Å². The lowest BCUT2D eigenvalue weighted by molar-refractivity contribution is -0.127. The monoisotopic (exact) mass is 441 g/mol. The van der Waals surface area contributed by atoms with Gasteiger partial charge in [0, 0.05) is 12.1 Å². The van der Waals surface area contributed by atoms with Gasteiger partial charge in [0.1, 0.15) is 35.2 Å². The zero-order valence-electron chi connectivity index (χ0n) is 18.1. The van der Waals surface area contributed by atoms with Gasteiger partial charge in [-0.05, 0) is 18.2 Å². The third-order valence-electron chi connectivity index (χ3n) is 4.69. The van der Waals surface area contributed by atoms with E-state index < -0.39 is 24.4 Å². The molecule has 10 heteroatoms. The molecular formula is C22H23N3O7. The van der Waals surface area contributed by atoms with Crippen molar-refractivity contribution in [3.63, 3.8) is 0 Å². The number of methoxy groups -OCH3 is 4. The van der Waals surface area contributed by atoms with Gasteiger partial charge in [-0.2, -0.15) is 0 Å². The average Bonchev–Trinajstić information content (AvgIpc) is 3.06. The Balaban J connectivity index is 1.82. The largest absolute Gasteiger partial charge is 0.496 e. The highest BCUT2D eigenvalue weighted by Gasteiger charge is 2.35. The highest BCUT2D eigenvalue weighted by Crippen LogP contribution is 2.36. The van der Waals surface area contributed by atoms with Crippen LogP contribution in [0.3, 0.4) is 0 Å². The maximum atomic E-state index is 12.8. The number of amides is 4. The van der Waals surface area contributed by atoms with Crippen LogP contribution in [0.2, 0.25) is 0 Å². The van der Waals surface area contributed by atoms with E-state index in [-0.39, 0.29) is 5.70 Å². The number of para-hydroxylation sites is 2. The van der Waals surface area contributed by atoms with Crippen molar-refractivity contribution in [1.29, 1.82) is 0 Å². The van der Waals surface area contributed by atoms with E-state index in [0.717, 1.165) is 4.90 Å². The van der Waals surface area contributed by atoms with Crippen LogP contribution in [0.4, 0.5) is 10.5 Å². The van der Waals surface area contributed by atoms with Crippen LogP contribution in [0.1, 0.15) is 5.56 Å². The fourth-order valence-corrected chi connectivity index (χ4v) is 3.12. The van der Waals surface area contributed by atoms with Gasteiger partial charge < -0.3 is 29.6 Å². The summed E-state index contributed by atoms with van der Waals surface area (Å²) in [6.45, 7) is -0.475. The molecule has 0 saturated carbocycles. The summed E-state index contributed by atoms with van der Waals surface area (Å²) in [5.74, 6) is 0.491. The van der Waals surface area contributed by atoms with Gasteiger partial charge in [-0.15, -0.1) is 0 Å². The van der Waals surface area contributed by atoms with Crippen molar-refractivity contribution in [2.45, 2.75) is 0 Å². The summed E-state index contributed by atoms with van der Waals surface area (Å²) in [4.78, 5) is 38.4. The number of urea groups is 1. The maximum absolute atomic E-state index is 12.8. The Bertz CT molecular complexity index is 1060. The molecule has 3 rings (SSSR count). The van der Waals surface area contributed by atoms with E-state index in [2.05, 4.69) is 10.6 Å². The number of nitrogens with one attached hydrogen (secondary N) is 2. The zero-order chi connectivity index (χ0) is 23.3. The van der Waals surface area contributed by atoms with Crippen molar-refractivity contribution in [3.8, 4) is 23.0 Å². The number of hydrogen-bond donors (Lipinski definition) is 2. The number of hydrogen-bond acceptors (Lipinski definition) is 7. The molecule has 32 heavy (non-hydrogen) atoms. The van der Waals surface area contributed by atoms with Crippen molar-refractivity contribution in [1.82, 2.24) is 10.2 Å². The second kappa shape index (κ2) is 9.73. The summed E-state index contributed by atoms with van der Waals surface area (Å²) < 4.78 is 21.1. The molecule has 0 radical (unpaired) electrons. The molecule has 1 saturated heterocycles. The second-order valence-electron chi connectivity index (χ2n) is 6.57. The van der Waals surface area contributed by atoms with Crippen molar-refractivity contribution >= 4 is 29.6 Å². The molecular weight excluding hydrogens is 418 g/mol. The summed E-state index contributed by atoms with van der Waals surface area (Å²) in [6.07, 6.45) is 1.43. The third-order valence-corrected chi connectivity index (χ3v) is 4.69.